The Morgan fingerprint density at radius 1 is 1.15 bits per heavy atom. The topological polar surface area (TPSA) is 130 Å². The zero-order valence-corrected chi connectivity index (χ0v) is 11.7. The number of rotatable bonds is 4. The number of nitrogen functional groups attached to an aromatic ring is 2. The van der Waals surface area contributed by atoms with Gasteiger partial charge in [0, 0.05) is 0 Å². The third-order valence-corrected chi connectivity index (χ3v) is 3.88. The van der Waals surface area contributed by atoms with E-state index in [1.807, 2.05) is 17.5 Å². The van der Waals surface area contributed by atoms with Crippen LogP contribution in [0.2, 0.25) is 0 Å². The van der Waals surface area contributed by atoms with Gasteiger partial charge in [0.25, 0.3) is 0 Å². The molecule has 0 unspecified atom stereocenters. The first kappa shape index (κ1) is 12.8. The van der Waals surface area contributed by atoms with Gasteiger partial charge in [0.2, 0.25) is 23.6 Å². The number of thiophene rings is 1. The Bertz CT molecular complexity index is 692. The van der Waals surface area contributed by atoms with E-state index in [2.05, 4.69) is 25.1 Å². The van der Waals surface area contributed by atoms with Crippen LogP contribution in [0.4, 0.5) is 11.9 Å². The van der Waals surface area contributed by atoms with Gasteiger partial charge in [-0.05, 0) is 11.4 Å². The molecule has 0 spiro atoms. The molecule has 3 rings (SSSR count). The summed E-state index contributed by atoms with van der Waals surface area (Å²) < 4.78 is 5.16. The van der Waals surface area contributed by atoms with Crippen LogP contribution >= 0.6 is 23.1 Å². The fraction of sp³-hybridized carbons (Fsp3) is 0.100. The van der Waals surface area contributed by atoms with Gasteiger partial charge in [-0.2, -0.15) is 19.9 Å². The number of nitrogens with zero attached hydrogens (tertiary/aromatic N) is 5. The first-order valence-corrected chi connectivity index (χ1v) is 7.33. The smallest absolute Gasteiger partial charge is 0.237 e. The molecule has 0 atom stereocenters. The van der Waals surface area contributed by atoms with Crippen LogP contribution in [0.1, 0.15) is 5.89 Å². The van der Waals surface area contributed by atoms with Crippen LogP contribution in [0.3, 0.4) is 0 Å². The maximum Gasteiger partial charge on any atom is 0.237 e. The summed E-state index contributed by atoms with van der Waals surface area (Å²) in [6.07, 6.45) is 0. The second-order valence-electron chi connectivity index (χ2n) is 3.61. The molecule has 0 fully saturated rings. The summed E-state index contributed by atoms with van der Waals surface area (Å²) in [4.78, 5) is 16.9. The first-order chi connectivity index (χ1) is 9.70. The fourth-order valence-corrected chi connectivity index (χ4v) is 2.73. The highest BCUT2D eigenvalue weighted by Crippen LogP contribution is 2.24. The summed E-state index contributed by atoms with van der Waals surface area (Å²) in [7, 11) is 0. The molecule has 0 saturated heterocycles. The highest BCUT2D eigenvalue weighted by atomic mass is 32.2. The van der Waals surface area contributed by atoms with Crippen molar-refractivity contribution in [2.75, 3.05) is 11.5 Å². The van der Waals surface area contributed by atoms with E-state index >= 15 is 0 Å². The van der Waals surface area contributed by atoms with Crippen molar-refractivity contribution in [3.05, 3.63) is 23.4 Å². The normalized spacial score (nSPS) is 10.8. The van der Waals surface area contributed by atoms with Gasteiger partial charge in [-0.25, -0.2) is 0 Å². The minimum absolute atomic E-state index is 0.0878. The van der Waals surface area contributed by atoms with Gasteiger partial charge in [0.1, 0.15) is 0 Å². The van der Waals surface area contributed by atoms with Crippen molar-refractivity contribution in [2.24, 2.45) is 0 Å². The third kappa shape index (κ3) is 2.86. The monoisotopic (exact) mass is 307 g/mol. The highest BCUT2D eigenvalue weighted by Gasteiger charge is 2.11. The van der Waals surface area contributed by atoms with Gasteiger partial charge in [-0.1, -0.05) is 23.0 Å². The minimum Gasteiger partial charge on any atom is -0.368 e. The number of hydrogen-bond acceptors (Lipinski definition) is 10. The lowest BCUT2D eigenvalue weighted by Crippen LogP contribution is -2.03. The van der Waals surface area contributed by atoms with Crippen molar-refractivity contribution in [3.63, 3.8) is 0 Å². The summed E-state index contributed by atoms with van der Waals surface area (Å²) in [6.45, 7) is 0. The molecule has 0 radical (unpaired) electrons. The molecule has 0 saturated carbocycles. The van der Waals surface area contributed by atoms with E-state index in [1.54, 1.807) is 11.3 Å². The zero-order valence-electron chi connectivity index (χ0n) is 10.1. The van der Waals surface area contributed by atoms with Crippen molar-refractivity contribution in [1.82, 2.24) is 25.1 Å². The molecule has 3 aromatic heterocycles. The van der Waals surface area contributed by atoms with E-state index in [0.29, 0.717) is 22.6 Å². The Morgan fingerprint density at radius 3 is 2.65 bits per heavy atom. The zero-order chi connectivity index (χ0) is 13.9. The summed E-state index contributed by atoms with van der Waals surface area (Å²) in [6, 6.07) is 3.86. The molecule has 20 heavy (non-hydrogen) atoms. The highest BCUT2D eigenvalue weighted by molar-refractivity contribution is 7.98. The van der Waals surface area contributed by atoms with Crippen molar-refractivity contribution >= 4 is 35.0 Å². The van der Waals surface area contributed by atoms with E-state index in [4.69, 9.17) is 16.0 Å². The number of nitrogens with two attached hydrogens (primary N) is 2. The first-order valence-electron chi connectivity index (χ1n) is 5.47. The van der Waals surface area contributed by atoms with E-state index in [0.717, 1.165) is 4.88 Å². The molecule has 0 amide bonds. The average molecular weight is 307 g/mol. The van der Waals surface area contributed by atoms with Gasteiger partial charge in [-0.15, -0.1) is 11.3 Å². The standard InChI is InChI=1S/C10H9N7OS2/c11-8-14-9(12)16-10(15-8)20-4-6-13-7(17-18-6)5-2-1-3-19-5/h1-3H,4H2,(H4,11,12,14,15,16). The van der Waals surface area contributed by atoms with Crippen LogP contribution in [0.5, 0.6) is 0 Å². The maximum atomic E-state index is 5.49. The fourth-order valence-electron chi connectivity index (χ4n) is 1.40. The van der Waals surface area contributed by atoms with E-state index in [1.165, 1.54) is 11.8 Å². The largest absolute Gasteiger partial charge is 0.368 e. The molecular formula is C10H9N7OS2. The maximum absolute atomic E-state index is 5.49. The van der Waals surface area contributed by atoms with Crippen LogP contribution in [-0.2, 0) is 5.75 Å². The predicted molar refractivity (Wildman–Crippen MR) is 75.8 cm³/mol. The summed E-state index contributed by atoms with van der Waals surface area (Å²) in [5.74, 6) is 1.66. The predicted octanol–water partition coefficient (Wildman–Crippen LogP) is 1.44. The number of thioether (sulfide) groups is 1. The molecule has 102 valence electrons. The SMILES string of the molecule is Nc1nc(N)nc(SCc2nc(-c3cccs3)no2)n1. The van der Waals surface area contributed by atoms with Gasteiger partial charge in [0.15, 0.2) is 5.16 Å². The number of aromatic nitrogens is 5. The summed E-state index contributed by atoms with van der Waals surface area (Å²) >= 11 is 2.85. The number of anilines is 2. The van der Waals surface area contributed by atoms with Crippen LogP contribution in [-0.4, -0.2) is 25.1 Å². The molecule has 8 nitrogen and oxygen atoms in total. The Kier molecular flexibility index (Phi) is 3.48. The lowest BCUT2D eigenvalue weighted by Gasteiger charge is -1.99. The number of hydrogen-bond donors (Lipinski definition) is 2. The van der Waals surface area contributed by atoms with E-state index < -0.39 is 0 Å². The van der Waals surface area contributed by atoms with Gasteiger partial charge in [0.05, 0.1) is 10.6 Å². The molecule has 0 aliphatic heterocycles. The van der Waals surface area contributed by atoms with Gasteiger partial charge < -0.3 is 16.0 Å². The average Bonchev–Trinajstić information content (AvgIpc) is 3.06. The van der Waals surface area contributed by atoms with Gasteiger partial charge >= 0.3 is 0 Å². The summed E-state index contributed by atoms with van der Waals surface area (Å²) in [5, 5.41) is 6.29. The molecule has 0 aliphatic rings. The van der Waals surface area contributed by atoms with Crippen LogP contribution < -0.4 is 11.5 Å². The van der Waals surface area contributed by atoms with E-state index in [9.17, 15) is 0 Å². The molecule has 10 heteroatoms. The van der Waals surface area contributed by atoms with Crippen LogP contribution in [0.15, 0.2) is 27.2 Å². The van der Waals surface area contributed by atoms with Crippen LogP contribution in [0, 0.1) is 0 Å². The molecule has 0 aromatic carbocycles. The molecule has 0 bridgehead atoms. The van der Waals surface area contributed by atoms with Crippen LogP contribution in [0.25, 0.3) is 10.7 Å². The quantitative estimate of drug-likeness (QED) is 0.687. The van der Waals surface area contributed by atoms with Crippen molar-refractivity contribution < 1.29 is 4.52 Å². The van der Waals surface area contributed by atoms with Crippen molar-refractivity contribution in [1.29, 1.82) is 0 Å². The Balaban J connectivity index is 1.69. The van der Waals surface area contributed by atoms with Crippen molar-refractivity contribution in [2.45, 2.75) is 10.9 Å². The minimum atomic E-state index is 0.0878. The molecular weight excluding hydrogens is 298 g/mol. The second-order valence-corrected chi connectivity index (χ2v) is 5.50. The molecule has 4 N–H and O–H groups in total. The lowest BCUT2D eigenvalue weighted by molar-refractivity contribution is 0.391. The Morgan fingerprint density at radius 2 is 1.95 bits per heavy atom. The van der Waals surface area contributed by atoms with Crippen molar-refractivity contribution in [3.8, 4) is 10.7 Å². The van der Waals surface area contributed by atoms with Gasteiger partial charge in [-0.3, -0.25) is 0 Å². The molecule has 3 heterocycles. The third-order valence-electron chi connectivity index (χ3n) is 2.18. The lowest BCUT2D eigenvalue weighted by atomic mass is 10.4. The second kappa shape index (κ2) is 5.43. The molecule has 3 aromatic rings. The molecule has 0 aliphatic carbocycles. The summed E-state index contributed by atoms with van der Waals surface area (Å²) in [5.41, 5.74) is 11.0. The Labute approximate surface area is 121 Å². The van der Waals surface area contributed by atoms with E-state index in [-0.39, 0.29) is 11.9 Å². The Hall–Kier alpha value is -2.20.